The lowest BCUT2D eigenvalue weighted by Crippen LogP contribution is -2.38. The molecule has 0 radical (unpaired) electrons. The summed E-state index contributed by atoms with van der Waals surface area (Å²) in [6.07, 6.45) is 1.09. The number of nitrogens with zero attached hydrogens (tertiary/aromatic N) is 4. The van der Waals surface area contributed by atoms with E-state index in [0.717, 1.165) is 22.5 Å². The number of hydrogen-bond acceptors (Lipinski definition) is 13. The molecule has 3 aromatic carbocycles. The van der Waals surface area contributed by atoms with E-state index >= 15 is 0 Å². The van der Waals surface area contributed by atoms with Crippen LogP contribution in [0.4, 0.5) is 17.1 Å². The first-order valence-corrected chi connectivity index (χ1v) is 12.8. The number of anilines is 3. The fraction of sp³-hybridized carbons (Fsp3) is 0.107. The minimum Gasteiger partial charge on any atom is -0.477 e. The van der Waals surface area contributed by atoms with Crippen LogP contribution >= 0.6 is 12.4 Å². The first-order valence-electron chi connectivity index (χ1n) is 12.8. The summed E-state index contributed by atoms with van der Waals surface area (Å²) in [5.41, 5.74) is 16.8. The molecule has 9 N–H and O–H groups in total. The predicted molar refractivity (Wildman–Crippen MR) is 166 cm³/mol. The van der Waals surface area contributed by atoms with E-state index in [2.05, 4.69) is 30.4 Å². The Morgan fingerprint density at radius 3 is 2.33 bits per heavy atom. The maximum Gasteiger partial charge on any atom is 0.354 e. The zero-order valence-corrected chi connectivity index (χ0v) is 24.6. The van der Waals surface area contributed by atoms with Gasteiger partial charge in [0.2, 0.25) is 5.91 Å². The molecule has 238 valence electrons. The lowest BCUT2D eigenvalue weighted by atomic mass is 10.0. The first-order chi connectivity index (χ1) is 21.4. The van der Waals surface area contributed by atoms with E-state index < -0.39 is 40.7 Å². The average molecular weight is 652 g/mol. The number of aromatic nitrogens is 4. The van der Waals surface area contributed by atoms with Gasteiger partial charge in [0.15, 0.2) is 5.69 Å². The molecular weight excluding hydrogens is 626 g/mol. The normalized spacial score (nSPS) is 11.0. The number of hydrogen-bond donors (Lipinski definition) is 6. The fourth-order valence-corrected chi connectivity index (χ4v) is 3.99. The predicted octanol–water partition coefficient (Wildman–Crippen LogP) is 0.0544. The topological polar surface area (TPSA) is 277 Å². The third kappa shape index (κ3) is 7.29. The number of nitrogen functional groups attached to an aromatic ring is 1. The van der Waals surface area contributed by atoms with Gasteiger partial charge in [-0.2, -0.15) is 14.6 Å². The van der Waals surface area contributed by atoms with Gasteiger partial charge in [0.1, 0.15) is 29.4 Å². The zero-order valence-electron chi connectivity index (χ0n) is 23.8. The molecular formula is C28H26ClN9O8. The van der Waals surface area contributed by atoms with Crippen LogP contribution in [0.2, 0.25) is 0 Å². The summed E-state index contributed by atoms with van der Waals surface area (Å²) < 4.78 is 5.55. The second-order valence-electron chi connectivity index (χ2n) is 9.20. The van der Waals surface area contributed by atoms with Crippen molar-refractivity contribution in [1.82, 2.24) is 24.9 Å². The van der Waals surface area contributed by atoms with Crippen molar-refractivity contribution in [2.24, 2.45) is 11.5 Å². The number of primary amides is 1. The maximum atomic E-state index is 12.6. The summed E-state index contributed by atoms with van der Waals surface area (Å²) in [5.74, 6) is -3.73. The highest BCUT2D eigenvalue weighted by Crippen LogP contribution is 2.19. The molecule has 2 heterocycles. The van der Waals surface area contributed by atoms with Gasteiger partial charge in [0.25, 0.3) is 22.5 Å². The number of rotatable bonds is 9. The number of halogens is 1. The molecule has 0 aliphatic heterocycles. The lowest BCUT2D eigenvalue weighted by molar-refractivity contribution is -0.120. The number of methoxy groups -OCH3 is 1. The van der Waals surface area contributed by atoms with Crippen molar-refractivity contribution in [3.05, 3.63) is 109 Å². The Morgan fingerprint density at radius 2 is 1.74 bits per heavy atom. The summed E-state index contributed by atoms with van der Waals surface area (Å²) in [6, 6.07) is 12.7. The van der Waals surface area contributed by atoms with Gasteiger partial charge in [-0.05, 0) is 35.4 Å². The van der Waals surface area contributed by atoms with Crippen LogP contribution in [0.3, 0.4) is 0 Å². The summed E-state index contributed by atoms with van der Waals surface area (Å²) in [6.45, 7) is 0.414. The lowest BCUT2D eigenvalue weighted by Gasteiger charge is -2.16. The molecule has 0 saturated heterocycles. The van der Waals surface area contributed by atoms with E-state index in [1.54, 1.807) is 12.1 Å². The van der Waals surface area contributed by atoms with Gasteiger partial charge in [0.05, 0.1) is 12.7 Å². The van der Waals surface area contributed by atoms with Gasteiger partial charge in [-0.15, -0.1) is 12.4 Å². The Labute approximate surface area is 264 Å². The number of benzene rings is 2. The molecule has 0 aliphatic carbocycles. The van der Waals surface area contributed by atoms with Crippen LogP contribution in [0.1, 0.15) is 48.5 Å². The molecule has 18 heteroatoms. The molecule has 5 rings (SSSR count). The smallest absolute Gasteiger partial charge is 0.354 e. The van der Waals surface area contributed by atoms with Crippen molar-refractivity contribution >= 4 is 59.0 Å². The number of esters is 1. The van der Waals surface area contributed by atoms with Gasteiger partial charge in [-0.25, -0.2) is 14.6 Å². The minimum absolute atomic E-state index is 0. The number of ether oxygens (including phenoxy) is 1. The molecule has 46 heavy (non-hydrogen) atoms. The molecule has 0 bridgehead atoms. The Morgan fingerprint density at radius 1 is 1.04 bits per heavy atom. The summed E-state index contributed by atoms with van der Waals surface area (Å²) in [4.78, 5) is 77.1. The Balaban J connectivity index is 0.000000287. The largest absolute Gasteiger partial charge is 0.477 e. The van der Waals surface area contributed by atoms with Crippen molar-refractivity contribution in [3.63, 3.8) is 0 Å². The van der Waals surface area contributed by atoms with Gasteiger partial charge in [0, 0.05) is 18.3 Å². The van der Waals surface area contributed by atoms with E-state index in [-0.39, 0.29) is 46.5 Å². The monoisotopic (exact) mass is 651 g/mol. The van der Waals surface area contributed by atoms with Gasteiger partial charge in [-0.1, -0.05) is 24.3 Å². The van der Waals surface area contributed by atoms with Gasteiger partial charge in [-0.3, -0.25) is 19.2 Å². The molecule has 0 unspecified atom stereocenters. The molecule has 0 aliphatic rings. The van der Waals surface area contributed by atoms with Crippen LogP contribution < -0.4 is 38.7 Å². The zero-order chi connectivity index (χ0) is 32.8. The average Bonchev–Trinajstić information content (AvgIpc) is 3.54. The second kappa shape index (κ2) is 14.5. The highest BCUT2D eigenvalue weighted by atomic mass is 35.5. The maximum absolute atomic E-state index is 12.6. The molecule has 2 amide bonds. The quantitative estimate of drug-likeness (QED) is 0.0908. The number of aromatic carboxylic acids is 1. The molecule has 0 saturated carbocycles. The van der Waals surface area contributed by atoms with Crippen LogP contribution in [0.25, 0.3) is 5.78 Å². The van der Waals surface area contributed by atoms with Crippen molar-refractivity contribution in [3.8, 4) is 0 Å². The third-order valence-corrected chi connectivity index (χ3v) is 6.31. The van der Waals surface area contributed by atoms with Crippen LogP contribution in [-0.2, 0) is 16.1 Å². The first kappa shape index (κ1) is 34.3. The van der Waals surface area contributed by atoms with Crippen LogP contribution in [0.5, 0.6) is 0 Å². The van der Waals surface area contributed by atoms with Crippen molar-refractivity contribution in [2.45, 2.75) is 12.6 Å². The number of amides is 2. The number of carboxylic acid groups (broad SMARTS) is 1. The molecule has 0 fully saturated rings. The van der Waals surface area contributed by atoms with E-state index in [1.165, 1.54) is 31.4 Å². The Hall–Kier alpha value is -6.20. The number of fused-ring (bicyclic) bond motifs is 1. The van der Waals surface area contributed by atoms with Crippen LogP contribution in [0, 0.1) is 0 Å². The number of carbonyl (C=O) groups is 4. The number of carbonyl (C=O) groups excluding carboxylic acids is 3. The van der Waals surface area contributed by atoms with Crippen LogP contribution in [-0.4, -0.2) is 55.6 Å². The molecule has 1 atom stereocenters. The summed E-state index contributed by atoms with van der Waals surface area (Å²) in [5, 5.41) is 18.2. The molecule has 17 nitrogen and oxygen atoms in total. The van der Waals surface area contributed by atoms with Crippen LogP contribution in [0.15, 0.2) is 70.5 Å². The highest BCUT2D eigenvalue weighted by molar-refractivity contribution is 5.98. The van der Waals surface area contributed by atoms with E-state index in [0.29, 0.717) is 17.8 Å². The number of nitrogens with one attached hydrogen (secondary N) is 2. The Bertz CT molecular complexity index is 2000. The van der Waals surface area contributed by atoms with E-state index in [9.17, 15) is 33.9 Å². The second-order valence-corrected chi connectivity index (χ2v) is 9.20. The third-order valence-electron chi connectivity index (χ3n) is 6.31. The van der Waals surface area contributed by atoms with E-state index in [4.69, 9.17) is 17.2 Å². The number of carboxylic acids is 1. The fourth-order valence-electron chi connectivity index (χ4n) is 3.99. The standard InChI is InChI=1S/C17H14N6O6.C11H11N3O2.ClH/c1-29-16(28)9-4-2-8(3-5-9)12(13(18)24)22-14(25)10-6-11(15(26)27)23-17(21-10)19-7-20-23;12-5-6-2-1-3-7(4-6)14-9-8(13)10(15)11(9)16;/h2-7,12H,1H3,(H2,18,24)(H,22,25)(H,26,27);1-4,14H,5,12-13H2;1H/t12-;;/m1../s1. The minimum atomic E-state index is -1.35. The summed E-state index contributed by atoms with van der Waals surface area (Å²) in [7, 11) is 1.23. The molecule has 0 spiro atoms. The van der Waals surface area contributed by atoms with Gasteiger partial charge >= 0.3 is 11.9 Å². The molecule has 2 aromatic heterocycles. The Kier molecular flexibility index (Phi) is 10.8. The van der Waals surface area contributed by atoms with Gasteiger partial charge < -0.3 is 37.7 Å². The highest BCUT2D eigenvalue weighted by Gasteiger charge is 2.24. The summed E-state index contributed by atoms with van der Waals surface area (Å²) >= 11 is 0. The SMILES string of the molecule is COC(=O)c1ccc([C@@H](NC(=O)c2cc(C(=O)O)n3ncnc3n2)C(N)=O)cc1.Cl.NCc1cccc(Nc2c(N)c(=O)c2=O)c1. The molecule has 5 aromatic rings. The number of nitrogens with two attached hydrogens (primary N) is 3. The van der Waals surface area contributed by atoms with E-state index in [1.807, 2.05) is 12.1 Å². The van der Waals surface area contributed by atoms with Crippen molar-refractivity contribution < 1.29 is 29.0 Å². The van der Waals surface area contributed by atoms with Crippen molar-refractivity contribution in [2.75, 3.05) is 18.2 Å². The van der Waals surface area contributed by atoms with Crippen molar-refractivity contribution in [1.29, 1.82) is 0 Å².